The van der Waals surface area contributed by atoms with Crippen LogP contribution < -0.4 is 5.32 Å². The van der Waals surface area contributed by atoms with Crippen LogP contribution in [0.1, 0.15) is 37.0 Å². The van der Waals surface area contributed by atoms with E-state index in [2.05, 4.69) is 50.4 Å². The van der Waals surface area contributed by atoms with Crippen LogP contribution in [0.4, 0.5) is 0 Å². The number of hydrogen-bond donors (Lipinski definition) is 1. The highest BCUT2D eigenvalue weighted by Gasteiger charge is 2.30. The maximum atomic E-state index is 13.6. The van der Waals surface area contributed by atoms with Crippen molar-refractivity contribution < 1.29 is 9.59 Å². The first-order valence-corrected chi connectivity index (χ1v) is 13.7. The van der Waals surface area contributed by atoms with E-state index in [0.717, 1.165) is 16.0 Å². The molecule has 0 spiro atoms. The van der Waals surface area contributed by atoms with E-state index in [-0.39, 0.29) is 11.8 Å². The van der Waals surface area contributed by atoms with Crippen LogP contribution in [0, 0.1) is 12.8 Å². The number of amides is 2. The number of carbonyl (C=O) groups excluding carboxylic acids is 2. The number of carbonyl (C=O) groups is 2. The second-order valence-electron chi connectivity index (χ2n) is 9.40. The molecule has 3 rings (SSSR count). The van der Waals surface area contributed by atoms with E-state index in [4.69, 9.17) is 11.6 Å². The Labute approximate surface area is 224 Å². The van der Waals surface area contributed by atoms with E-state index < -0.39 is 6.04 Å². The Hall–Kier alpha value is -2.76. The third kappa shape index (κ3) is 9.03. The fourth-order valence-electron chi connectivity index (χ4n) is 3.80. The number of nitrogens with zero attached hydrogens (tertiary/aromatic N) is 1. The topological polar surface area (TPSA) is 49.4 Å². The van der Waals surface area contributed by atoms with Crippen molar-refractivity contribution in [3.05, 3.63) is 101 Å². The molecule has 0 radical (unpaired) electrons. The second kappa shape index (κ2) is 14.1. The van der Waals surface area contributed by atoms with Crippen molar-refractivity contribution in [2.45, 2.75) is 51.1 Å². The molecule has 6 heteroatoms. The molecule has 4 nitrogen and oxygen atoms in total. The van der Waals surface area contributed by atoms with Crippen molar-refractivity contribution in [2.75, 3.05) is 12.3 Å². The fourth-order valence-corrected chi connectivity index (χ4v) is 4.76. The molecule has 3 aromatic rings. The summed E-state index contributed by atoms with van der Waals surface area (Å²) in [5.74, 6) is 0.800. The lowest BCUT2D eigenvalue weighted by Crippen LogP contribution is -2.51. The molecule has 36 heavy (non-hydrogen) atoms. The van der Waals surface area contributed by atoms with Crippen LogP contribution in [0.25, 0.3) is 0 Å². The summed E-state index contributed by atoms with van der Waals surface area (Å²) >= 11 is 7.75. The second-order valence-corrected chi connectivity index (χ2v) is 11.0. The van der Waals surface area contributed by atoms with Crippen LogP contribution in [0.2, 0.25) is 5.02 Å². The average molecular weight is 523 g/mol. The van der Waals surface area contributed by atoms with Crippen molar-refractivity contribution in [3.63, 3.8) is 0 Å². The van der Waals surface area contributed by atoms with E-state index in [9.17, 15) is 9.59 Å². The number of rotatable bonds is 12. The summed E-state index contributed by atoms with van der Waals surface area (Å²) in [5.41, 5.74) is 3.17. The standard InChI is InChI=1S/C30H35ClN2O2S/c1-22(2)20-32-30(35)28(19-24-7-5-4-6-8-24)33(21-25-11-13-26(31)14-12-25)29(34)17-18-36-27-15-9-23(3)10-16-27/h4-16,22,28H,17-21H2,1-3H3,(H,32,35)/t28-/m1/s1. The maximum absolute atomic E-state index is 13.6. The molecule has 0 saturated heterocycles. The summed E-state index contributed by atoms with van der Waals surface area (Å²) in [6, 6.07) is 25.0. The highest BCUT2D eigenvalue weighted by molar-refractivity contribution is 7.99. The number of halogens is 1. The molecule has 0 aromatic heterocycles. The van der Waals surface area contributed by atoms with Crippen molar-refractivity contribution in [1.82, 2.24) is 10.2 Å². The van der Waals surface area contributed by atoms with Gasteiger partial charge in [0.25, 0.3) is 0 Å². The Bertz CT molecular complexity index is 1100. The van der Waals surface area contributed by atoms with Gasteiger partial charge in [0.15, 0.2) is 0 Å². The molecule has 1 N–H and O–H groups in total. The predicted octanol–water partition coefficient (Wildman–Crippen LogP) is 6.54. The van der Waals surface area contributed by atoms with E-state index in [1.54, 1.807) is 16.7 Å². The largest absolute Gasteiger partial charge is 0.354 e. The van der Waals surface area contributed by atoms with Gasteiger partial charge in [0.1, 0.15) is 6.04 Å². The van der Waals surface area contributed by atoms with Crippen molar-refractivity contribution in [2.24, 2.45) is 5.92 Å². The molecule has 1 atom stereocenters. The Morgan fingerprint density at radius 3 is 2.22 bits per heavy atom. The lowest BCUT2D eigenvalue weighted by atomic mass is 10.0. The lowest BCUT2D eigenvalue weighted by Gasteiger charge is -2.32. The van der Waals surface area contributed by atoms with Gasteiger partial charge in [0.2, 0.25) is 11.8 Å². The van der Waals surface area contributed by atoms with Gasteiger partial charge in [-0.1, -0.05) is 85.6 Å². The van der Waals surface area contributed by atoms with Crippen LogP contribution in [0.15, 0.2) is 83.8 Å². The first-order valence-electron chi connectivity index (χ1n) is 12.4. The summed E-state index contributed by atoms with van der Waals surface area (Å²) in [7, 11) is 0. The smallest absolute Gasteiger partial charge is 0.243 e. The molecule has 0 aliphatic heterocycles. The Balaban J connectivity index is 1.82. The molecule has 0 saturated carbocycles. The Morgan fingerprint density at radius 1 is 0.917 bits per heavy atom. The van der Waals surface area contributed by atoms with Gasteiger partial charge in [-0.15, -0.1) is 11.8 Å². The normalized spacial score (nSPS) is 11.8. The van der Waals surface area contributed by atoms with Gasteiger partial charge >= 0.3 is 0 Å². The Kier molecular flexibility index (Phi) is 10.9. The van der Waals surface area contributed by atoms with Crippen LogP contribution in [0.5, 0.6) is 0 Å². The average Bonchev–Trinajstić information content (AvgIpc) is 2.87. The molecule has 0 heterocycles. The number of benzene rings is 3. The molecule has 0 aliphatic rings. The summed E-state index contributed by atoms with van der Waals surface area (Å²) in [5, 5.41) is 3.70. The minimum absolute atomic E-state index is 0.0369. The monoisotopic (exact) mass is 522 g/mol. The highest BCUT2D eigenvalue weighted by Crippen LogP contribution is 2.22. The van der Waals surface area contributed by atoms with Crippen LogP contribution in [-0.2, 0) is 22.6 Å². The molecule has 0 fully saturated rings. The fraction of sp³-hybridized carbons (Fsp3) is 0.333. The summed E-state index contributed by atoms with van der Waals surface area (Å²) < 4.78 is 0. The first-order chi connectivity index (χ1) is 17.3. The summed E-state index contributed by atoms with van der Waals surface area (Å²) in [6.45, 7) is 7.09. The van der Waals surface area contributed by atoms with Crippen molar-refractivity contribution in [1.29, 1.82) is 0 Å². The zero-order chi connectivity index (χ0) is 25.9. The van der Waals surface area contributed by atoms with Crippen molar-refractivity contribution in [3.8, 4) is 0 Å². The third-order valence-electron chi connectivity index (χ3n) is 5.83. The first kappa shape index (κ1) is 27.8. The lowest BCUT2D eigenvalue weighted by molar-refractivity contribution is -0.141. The molecule has 0 unspecified atom stereocenters. The van der Waals surface area contributed by atoms with Crippen molar-refractivity contribution >= 4 is 35.2 Å². The minimum Gasteiger partial charge on any atom is -0.354 e. The predicted molar refractivity (Wildman–Crippen MR) is 150 cm³/mol. The maximum Gasteiger partial charge on any atom is 0.243 e. The van der Waals surface area contributed by atoms with Crippen LogP contribution in [0.3, 0.4) is 0 Å². The molecule has 2 amide bonds. The van der Waals surface area contributed by atoms with E-state index in [0.29, 0.717) is 42.6 Å². The molecular formula is C30H35ClN2O2S. The number of aryl methyl sites for hydroxylation is 1. The van der Waals surface area contributed by atoms with Crippen LogP contribution in [-0.4, -0.2) is 35.1 Å². The number of thioether (sulfide) groups is 1. The molecule has 3 aromatic carbocycles. The van der Waals surface area contributed by atoms with Gasteiger partial charge in [-0.05, 0) is 48.2 Å². The quantitative estimate of drug-likeness (QED) is 0.275. The molecule has 0 aliphatic carbocycles. The van der Waals surface area contributed by atoms with Gasteiger partial charge in [-0.3, -0.25) is 9.59 Å². The zero-order valence-corrected chi connectivity index (χ0v) is 22.8. The zero-order valence-electron chi connectivity index (χ0n) is 21.2. The molecular weight excluding hydrogens is 488 g/mol. The summed E-state index contributed by atoms with van der Waals surface area (Å²) in [6.07, 6.45) is 0.796. The minimum atomic E-state index is -0.612. The van der Waals surface area contributed by atoms with Crippen LogP contribution >= 0.6 is 23.4 Å². The number of nitrogens with one attached hydrogen (secondary N) is 1. The molecule has 190 valence electrons. The van der Waals surface area contributed by atoms with Gasteiger partial charge in [0, 0.05) is 41.6 Å². The highest BCUT2D eigenvalue weighted by atomic mass is 35.5. The van der Waals surface area contributed by atoms with E-state index in [1.807, 2.05) is 54.6 Å². The van der Waals surface area contributed by atoms with Gasteiger partial charge in [0.05, 0.1) is 0 Å². The number of hydrogen-bond acceptors (Lipinski definition) is 3. The van der Waals surface area contributed by atoms with Gasteiger partial charge < -0.3 is 10.2 Å². The third-order valence-corrected chi connectivity index (χ3v) is 7.09. The Morgan fingerprint density at radius 2 is 1.58 bits per heavy atom. The van der Waals surface area contributed by atoms with E-state index >= 15 is 0 Å². The summed E-state index contributed by atoms with van der Waals surface area (Å²) in [4.78, 5) is 29.9. The van der Waals surface area contributed by atoms with Gasteiger partial charge in [-0.25, -0.2) is 0 Å². The van der Waals surface area contributed by atoms with E-state index in [1.165, 1.54) is 5.56 Å². The SMILES string of the molecule is Cc1ccc(SCCC(=O)N(Cc2ccc(Cl)cc2)[C@H](Cc2ccccc2)C(=O)NCC(C)C)cc1. The van der Waals surface area contributed by atoms with Gasteiger partial charge in [-0.2, -0.15) is 0 Å². The molecule has 0 bridgehead atoms.